The molecule has 5 nitrogen and oxygen atoms in total. The minimum atomic E-state index is 0.126. The Morgan fingerprint density at radius 2 is 2.00 bits per heavy atom. The molecule has 1 atom stereocenters. The number of hydrogen-bond donors (Lipinski definition) is 2. The second-order valence-corrected chi connectivity index (χ2v) is 8.84. The van der Waals surface area contributed by atoms with Gasteiger partial charge in [0.2, 0.25) is 0 Å². The summed E-state index contributed by atoms with van der Waals surface area (Å²) in [6, 6.07) is 12.2. The number of thiazole rings is 1. The lowest BCUT2D eigenvalue weighted by Crippen LogP contribution is -2.42. The molecule has 1 amide bonds. The number of piperidine rings is 1. The predicted octanol–water partition coefficient (Wildman–Crippen LogP) is 4.30. The van der Waals surface area contributed by atoms with Crippen LogP contribution in [-0.4, -0.2) is 34.9 Å². The van der Waals surface area contributed by atoms with Crippen LogP contribution in [0.15, 0.2) is 36.4 Å². The minimum absolute atomic E-state index is 0.126. The van der Waals surface area contributed by atoms with Crippen molar-refractivity contribution in [3.63, 3.8) is 0 Å². The first-order valence-electron chi connectivity index (χ1n) is 8.87. The van der Waals surface area contributed by atoms with Gasteiger partial charge in [0.1, 0.15) is 4.83 Å². The number of amides is 1. The number of anilines is 2. The van der Waals surface area contributed by atoms with Crippen molar-refractivity contribution in [3.8, 4) is 0 Å². The van der Waals surface area contributed by atoms with E-state index >= 15 is 0 Å². The molecule has 1 aromatic carbocycles. The van der Waals surface area contributed by atoms with Gasteiger partial charge in [0, 0.05) is 24.8 Å². The number of rotatable bonds is 4. The van der Waals surface area contributed by atoms with Crippen LogP contribution in [0.1, 0.15) is 29.4 Å². The minimum Gasteiger partial charge on any atom is -0.338 e. The average Bonchev–Trinajstić information content (AvgIpc) is 3.20. The molecular formula is C19H22N4OS2. The van der Waals surface area contributed by atoms with Crippen LogP contribution in [0.2, 0.25) is 0 Å². The van der Waals surface area contributed by atoms with E-state index in [1.54, 1.807) is 11.3 Å². The van der Waals surface area contributed by atoms with Gasteiger partial charge >= 0.3 is 0 Å². The number of fused-ring (bicyclic) bond motifs is 1. The molecule has 26 heavy (non-hydrogen) atoms. The maximum Gasteiger partial charge on any atom is 0.264 e. The largest absolute Gasteiger partial charge is 0.338 e. The molecule has 0 spiro atoms. The Balaban J connectivity index is 1.45. The number of aromatic nitrogens is 1. The van der Waals surface area contributed by atoms with E-state index in [1.165, 1.54) is 11.3 Å². The zero-order valence-electron chi connectivity index (χ0n) is 14.6. The molecule has 2 aromatic heterocycles. The van der Waals surface area contributed by atoms with E-state index in [0.29, 0.717) is 5.92 Å². The molecule has 1 aliphatic rings. The lowest BCUT2D eigenvalue weighted by Gasteiger charge is -2.33. The van der Waals surface area contributed by atoms with Crippen molar-refractivity contribution in [1.29, 1.82) is 0 Å². The van der Waals surface area contributed by atoms with Crippen molar-refractivity contribution < 1.29 is 4.79 Å². The van der Waals surface area contributed by atoms with Gasteiger partial charge in [-0.25, -0.2) is 4.98 Å². The number of carbonyl (C=O) groups excluding carboxylic acids is 1. The lowest BCUT2D eigenvalue weighted by molar-refractivity contribution is 0.0686. The topological polar surface area (TPSA) is 71.2 Å². The van der Waals surface area contributed by atoms with Gasteiger partial charge in [-0.1, -0.05) is 29.5 Å². The van der Waals surface area contributed by atoms with Gasteiger partial charge in [0.15, 0.2) is 5.13 Å². The number of nitrogens with zero attached hydrogens (tertiary/aromatic N) is 2. The SMILES string of the molecule is CC(N)C1CCN(C(=O)c2cc3sc(Nc4ccccc4)nc3s2)CC1. The summed E-state index contributed by atoms with van der Waals surface area (Å²) in [5.74, 6) is 0.653. The number of carbonyl (C=O) groups is 1. The Kier molecular flexibility index (Phi) is 4.93. The zero-order valence-corrected chi connectivity index (χ0v) is 16.3. The van der Waals surface area contributed by atoms with Gasteiger partial charge in [-0.15, -0.1) is 11.3 Å². The number of likely N-dealkylation sites (tertiary alicyclic amines) is 1. The van der Waals surface area contributed by atoms with E-state index in [0.717, 1.165) is 51.2 Å². The second-order valence-electron chi connectivity index (χ2n) is 6.78. The summed E-state index contributed by atoms with van der Waals surface area (Å²) < 4.78 is 1.06. The van der Waals surface area contributed by atoms with Crippen LogP contribution in [0.4, 0.5) is 10.8 Å². The van der Waals surface area contributed by atoms with E-state index in [2.05, 4.69) is 17.2 Å². The molecule has 4 rings (SSSR count). The quantitative estimate of drug-likeness (QED) is 0.701. The third kappa shape index (κ3) is 3.60. The van der Waals surface area contributed by atoms with E-state index < -0.39 is 0 Å². The molecular weight excluding hydrogens is 364 g/mol. The Labute approximate surface area is 160 Å². The Hall–Kier alpha value is -1.96. The molecule has 0 radical (unpaired) electrons. The molecule has 3 aromatic rings. The van der Waals surface area contributed by atoms with Crippen LogP contribution in [0.25, 0.3) is 9.53 Å². The summed E-state index contributed by atoms with van der Waals surface area (Å²) >= 11 is 3.06. The second kappa shape index (κ2) is 7.34. The van der Waals surface area contributed by atoms with Crippen molar-refractivity contribution in [2.75, 3.05) is 18.4 Å². The summed E-state index contributed by atoms with van der Waals surface area (Å²) in [7, 11) is 0. The van der Waals surface area contributed by atoms with Gasteiger partial charge in [-0.2, -0.15) is 0 Å². The van der Waals surface area contributed by atoms with Crippen LogP contribution in [-0.2, 0) is 0 Å². The maximum absolute atomic E-state index is 12.8. The molecule has 7 heteroatoms. The maximum atomic E-state index is 12.8. The first-order chi connectivity index (χ1) is 12.6. The fraction of sp³-hybridized carbons (Fsp3) is 0.368. The van der Waals surface area contributed by atoms with Crippen molar-refractivity contribution in [2.24, 2.45) is 11.7 Å². The van der Waals surface area contributed by atoms with Crippen molar-refractivity contribution in [3.05, 3.63) is 41.3 Å². The molecule has 0 aliphatic carbocycles. The molecule has 136 valence electrons. The highest BCUT2D eigenvalue weighted by atomic mass is 32.1. The molecule has 1 unspecified atom stereocenters. The Morgan fingerprint density at radius 1 is 1.27 bits per heavy atom. The van der Waals surface area contributed by atoms with Crippen LogP contribution >= 0.6 is 22.7 Å². The van der Waals surface area contributed by atoms with Gasteiger partial charge < -0.3 is 16.0 Å². The zero-order chi connectivity index (χ0) is 18.1. The van der Waals surface area contributed by atoms with Crippen LogP contribution in [0, 0.1) is 5.92 Å². The fourth-order valence-corrected chi connectivity index (χ4v) is 5.43. The van der Waals surface area contributed by atoms with Crippen molar-refractivity contribution in [2.45, 2.75) is 25.8 Å². The monoisotopic (exact) mass is 386 g/mol. The number of nitrogens with one attached hydrogen (secondary N) is 1. The van der Waals surface area contributed by atoms with Crippen LogP contribution in [0.3, 0.4) is 0 Å². The average molecular weight is 387 g/mol. The predicted molar refractivity (Wildman–Crippen MR) is 109 cm³/mol. The first kappa shape index (κ1) is 17.5. The summed E-state index contributed by atoms with van der Waals surface area (Å²) in [5.41, 5.74) is 7.01. The number of benzene rings is 1. The van der Waals surface area contributed by atoms with Crippen molar-refractivity contribution in [1.82, 2.24) is 9.88 Å². The first-order valence-corrected chi connectivity index (χ1v) is 10.5. The van der Waals surface area contributed by atoms with Gasteiger partial charge in [-0.3, -0.25) is 4.79 Å². The number of nitrogens with two attached hydrogens (primary N) is 1. The van der Waals surface area contributed by atoms with Crippen molar-refractivity contribution >= 4 is 48.9 Å². The molecule has 1 aliphatic heterocycles. The third-order valence-electron chi connectivity index (χ3n) is 4.90. The normalized spacial score (nSPS) is 16.8. The van der Waals surface area contributed by atoms with E-state index in [9.17, 15) is 4.79 Å². The van der Waals surface area contributed by atoms with E-state index in [4.69, 9.17) is 5.73 Å². The Morgan fingerprint density at radius 3 is 2.65 bits per heavy atom. The highest BCUT2D eigenvalue weighted by molar-refractivity contribution is 7.29. The van der Waals surface area contributed by atoms with Crippen LogP contribution in [0.5, 0.6) is 0 Å². The molecule has 1 fully saturated rings. The molecule has 1 saturated heterocycles. The van der Waals surface area contributed by atoms with Gasteiger partial charge in [0.05, 0.1) is 9.58 Å². The molecule has 0 bridgehead atoms. The highest BCUT2D eigenvalue weighted by Crippen LogP contribution is 2.35. The molecule has 3 N–H and O–H groups in total. The third-order valence-corrected chi connectivity index (χ3v) is 6.96. The van der Waals surface area contributed by atoms with E-state index in [1.807, 2.05) is 41.3 Å². The summed E-state index contributed by atoms with van der Waals surface area (Å²) in [5, 5.41) is 4.17. The number of para-hydroxylation sites is 1. The summed E-state index contributed by atoms with van der Waals surface area (Å²) in [4.78, 5) is 21.1. The summed E-state index contributed by atoms with van der Waals surface area (Å²) in [6.45, 7) is 3.65. The fourth-order valence-electron chi connectivity index (χ4n) is 3.32. The standard InChI is InChI=1S/C19H22N4OS2/c1-12(20)13-7-9-23(10-8-13)18(24)16-11-15-17(25-16)22-19(26-15)21-14-5-3-2-4-6-14/h2-6,11-13H,7-10,20H2,1H3,(H,21,22). The highest BCUT2D eigenvalue weighted by Gasteiger charge is 2.26. The smallest absolute Gasteiger partial charge is 0.264 e. The summed E-state index contributed by atoms with van der Waals surface area (Å²) in [6.07, 6.45) is 1.99. The van der Waals surface area contributed by atoms with Gasteiger partial charge in [-0.05, 0) is 43.9 Å². The number of hydrogen-bond acceptors (Lipinski definition) is 6. The lowest BCUT2D eigenvalue weighted by atomic mass is 9.91. The van der Waals surface area contributed by atoms with Crippen LogP contribution < -0.4 is 11.1 Å². The van der Waals surface area contributed by atoms with Gasteiger partial charge in [0.25, 0.3) is 5.91 Å². The molecule has 3 heterocycles. The number of thiophene rings is 1. The molecule has 0 saturated carbocycles. The van der Waals surface area contributed by atoms with E-state index in [-0.39, 0.29) is 11.9 Å². The Bertz CT molecular complexity index is 863.